The molecule has 2 aromatic carbocycles. The maximum atomic E-state index is 16.6. The Kier molecular flexibility index (Phi) is 44.6. The van der Waals surface area contributed by atoms with E-state index in [2.05, 4.69) is 119 Å². The molecule has 4 aliphatic rings. The maximum Gasteiger partial charge on any atom is 0.260 e. The number of aryl methyl sites for hydroxylation is 2. The lowest BCUT2D eigenvalue weighted by atomic mass is 9.90. The molecule has 4 aliphatic heterocycles. The molecule has 10 heteroatoms. The quantitative estimate of drug-likeness (QED) is 0.0379. The summed E-state index contributed by atoms with van der Waals surface area (Å²) in [5.41, 5.74) is 22.2. The Labute approximate surface area is 722 Å². The van der Waals surface area contributed by atoms with Crippen LogP contribution in [-0.2, 0) is 39.9 Å². The third-order valence-corrected chi connectivity index (χ3v) is 32.9. The molecule has 2 amide bonds. The number of hydrogen-bond acceptors (Lipinski definition) is 8. The smallest absolute Gasteiger partial charge is 0.260 e. The molecule has 3 aromatic heterocycles. The van der Waals surface area contributed by atoms with Gasteiger partial charge in [-0.15, -0.1) is 45.8 Å². The Morgan fingerprint density at radius 1 is 0.470 bits per heavy atom. The van der Waals surface area contributed by atoms with E-state index in [4.69, 9.17) is 11.5 Å². The molecule has 115 heavy (non-hydrogen) atoms. The van der Waals surface area contributed by atoms with Crippen LogP contribution in [0.1, 0.15) is 493 Å². The lowest BCUT2D eigenvalue weighted by Gasteiger charge is -2.27. The number of thioether (sulfide) groups is 1. The Hall–Kier alpha value is -3.25. The van der Waals surface area contributed by atoms with Crippen LogP contribution in [0.5, 0.6) is 0 Å². The number of nitrogens with two attached hydrogens (primary N) is 2. The Morgan fingerprint density at radius 3 is 1.41 bits per heavy atom. The Morgan fingerprint density at radius 2 is 0.896 bits per heavy atom. The Bertz CT molecular complexity index is 3620. The minimum absolute atomic E-state index is 0.144. The molecule has 7 heterocycles. The van der Waals surface area contributed by atoms with Gasteiger partial charge < -0.3 is 21.3 Å². The number of thiophene rings is 3. The van der Waals surface area contributed by atoms with Crippen molar-refractivity contribution in [1.29, 1.82) is 0 Å². The number of amides is 2. The van der Waals surface area contributed by atoms with Gasteiger partial charge in [-0.2, -0.15) is 0 Å². The highest BCUT2D eigenvalue weighted by Crippen LogP contribution is 2.55. The predicted octanol–water partition coefficient (Wildman–Crippen LogP) is 32.1. The average Bonchev–Trinajstić information content (AvgIpc) is 1.57. The second kappa shape index (κ2) is 53.6. The van der Waals surface area contributed by atoms with Gasteiger partial charge in [0, 0.05) is 73.8 Å². The van der Waals surface area contributed by atoms with Crippen molar-refractivity contribution < 1.29 is 9.59 Å². The van der Waals surface area contributed by atoms with Gasteiger partial charge in [0.1, 0.15) is 0 Å². The Balaban J connectivity index is 1.11. The van der Waals surface area contributed by atoms with Crippen LogP contribution >= 0.6 is 45.8 Å². The number of carbonyl (C=O) groups is 2. The van der Waals surface area contributed by atoms with Crippen LogP contribution < -0.4 is 31.7 Å². The van der Waals surface area contributed by atoms with E-state index in [1.807, 2.05) is 22.7 Å². The fraction of sp³-hybridized carbons (Fsp3) is 0.752. The van der Waals surface area contributed by atoms with Crippen LogP contribution in [0.2, 0.25) is 0 Å². The van der Waals surface area contributed by atoms with Crippen molar-refractivity contribution in [1.82, 2.24) is 0 Å². The summed E-state index contributed by atoms with van der Waals surface area (Å²) in [5, 5.41) is 3.82. The van der Waals surface area contributed by atoms with Crippen LogP contribution in [0.3, 0.4) is 0 Å². The third-order valence-electron chi connectivity index (χ3n) is 27.2. The normalized spacial score (nSPS) is 18.0. The summed E-state index contributed by atoms with van der Waals surface area (Å²) < 4.78 is 1.52. The zero-order valence-electron chi connectivity index (χ0n) is 75.4. The fourth-order valence-electron chi connectivity index (χ4n) is 19.8. The highest BCUT2D eigenvalue weighted by Gasteiger charge is 2.40. The first-order valence-corrected chi connectivity index (χ1v) is 53.2. The number of carbonyl (C=O) groups excluding carboxylic acids is 2. The largest absolute Gasteiger partial charge is 0.321 e. The molecule has 4 atom stereocenters. The molecule has 0 fully saturated rings. The molecular formula is C105H170N4O2S4. The molecule has 4 N–H and O–H groups in total. The second-order valence-corrected chi connectivity index (χ2v) is 42.5. The summed E-state index contributed by atoms with van der Waals surface area (Å²) in [6, 6.07) is 16.6. The molecule has 0 radical (unpaired) electrons. The molecule has 4 bridgehead atoms. The molecule has 0 saturated heterocycles. The van der Waals surface area contributed by atoms with E-state index in [9.17, 15) is 0 Å². The van der Waals surface area contributed by atoms with Crippen LogP contribution in [-0.4, -0.2) is 24.9 Å². The number of fused-ring (bicyclic) bond motifs is 5. The molecule has 6 nitrogen and oxygen atoms in total. The van der Waals surface area contributed by atoms with E-state index in [1.54, 1.807) is 32.9 Å². The molecule has 5 aromatic rings. The van der Waals surface area contributed by atoms with Gasteiger partial charge in [-0.25, -0.2) is 0 Å². The summed E-state index contributed by atoms with van der Waals surface area (Å²) in [6.45, 7) is 19.7. The van der Waals surface area contributed by atoms with Crippen LogP contribution in [0.25, 0.3) is 21.2 Å². The number of rotatable bonds is 58. The molecular weight excluding hydrogens is 1480 g/mol. The van der Waals surface area contributed by atoms with Gasteiger partial charge >= 0.3 is 0 Å². The first-order chi connectivity index (χ1) is 56.2. The number of hydrogen-bond donors (Lipinski definition) is 2. The van der Waals surface area contributed by atoms with Crippen LogP contribution in [0.15, 0.2) is 47.4 Å². The molecule has 0 spiro atoms. The fourth-order valence-corrected chi connectivity index (χ4v) is 25.0. The molecule has 9 rings (SSSR count). The third kappa shape index (κ3) is 30.6. The van der Waals surface area contributed by atoms with Crippen molar-refractivity contribution in [2.24, 2.45) is 23.3 Å². The van der Waals surface area contributed by atoms with Crippen molar-refractivity contribution in [2.75, 3.05) is 22.9 Å². The van der Waals surface area contributed by atoms with Gasteiger partial charge in [0.25, 0.3) is 11.8 Å². The van der Waals surface area contributed by atoms with E-state index in [0.29, 0.717) is 11.8 Å². The maximum absolute atomic E-state index is 16.6. The average molecular weight is 1650 g/mol. The molecule has 0 aliphatic carbocycles. The highest BCUT2D eigenvalue weighted by atomic mass is 32.2. The van der Waals surface area contributed by atoms with Gasteiger partial charge in [-0.05, 0) is 161 Å². The van der Waals surface area contributed by atoms with E-state index in [0.717, 1.165) is 114 Å². The van der Waals surface area contributed by atoms with Crippen molar-refractivity contribution in [2.45, 2.75) is 488 Å². The standard InChI is InChI=1S/C105H170N4O2S4/c1-9-14-19-24-29-34-38-45-52-59-66-82-67-61-54-47-42-43-50-57-64-75-105(8,107)96-74-73-94(113-96)99-89-77-90-88(76-91(89)109(103(99)111)81-83(65-58-51-44-33-28-23-18-13-5)68-60-53-46-39-35-30-25-20-15-10-2)98(102(110)108(90)80-82)93-72-71-92(112-93)95-78-86-84(69-62-55-48-40-36-31-26-21-16-11-3)101-87(79-97(115-101)104(6,7)106)85(100(86)114-95)70-63-56-49-41-37-32-27-22-17-12-4/h71-74,76-77,79,82-83,95H,9-70,75,78,80-81,106-107H2,1-8H3. The second-order valence-electron chi connectivity index (χ2n) is 38.1. The van der Waals surface area contributed by atoms with Crippen LogP contribution in [0.4, 0.5) is 11.4 Å². The first-order valence-electron chi connectivity index (χ1n) is 49.8. The van der Waals surface area contributed by atoms with Crippen LogP contribution in [0, 0.1) is 11.8 Å². The van der Waals surface area contributed by atoms with E-state index >= 15 is 9.59 Å². The van der Waals surface area contributed by atoms with Crippen molar-refractivity contribution >= 4 is 90.2 Å². The SMILES string of the molecule is CCCCCCCCCCCCc1c2c(c(CCCCCCCCCCCC)c3sc(C(C)(C)N)cc13)CC(c1ccc(C3=c4cc5c6cc4N(CC(CCCCCCCCCCCC)CCCCCCCCCCC(C)(N)c4ccc(s4)C=6C(=O)N5CC(CCCCCCCCCC)CCCCCCCCCCCC)C3=O)s1)S2. The van der Waals surface area contributed by atoms with E-state index in [1.165, 1.54) is 378 Å². The van der Waals surface area contributed by atoms with Gasteiger partial charge in [-0.3, -0.25) is 9.59 Å². The number of unbranched alkanes of at least 4 members (excludes halogenated alkanes) is 43. The molecule has 4 unspecified atom stereocenters. The summed E-state index contributed by atoms with van der Waals surface area (Å²) in [6.07, 6.45) is 82.6. The number of benzene rings is 2. The van der Waals surface area contributed by atoms with Crippen molar-refractivity contribution in [3.8, 4) is 0 Å². The zero-order chi connectivity index (χ0) is 81.3. The van der Waals surface area contributed by atoms with Crippen molar-refractivity contribution in [3.63, 3.8) is 0 Å². The van der Waals surface area contributed by atoms with Crippen molar-refractivity contribution in [3.05, 3.63) is 94.0 Å². The van der Waals surface area contributed by atoms with Gasteiger partial charge in [0.2, 0.25) is 0 Å². The topological polar surface area (TPSA) is 92.7 Å². The first kappa shape index (κ1) is 95.6. The minimum Gasteiger partial charge on any atom is -0.321 e. The highest BCUT2D eigenvalue weighted by molar-refractivity contribution is 8.00. The predicted molar refractivity (Wildman–Crippen MR) is 511 cm³/mol. The summed E-state index contributed by atoms with van der Waals surface area (Å²) >= 11 is 7.84. The summed E-state index contributed by atoms with van der Waals surface area (Å²) in [7, 11) is 0. The molecule has 646 valence electrons. The summed E-state index contributed by atoms with van der Waals surface area (Å²) in [5.74, 6) is 1.11. The van der Waals surface area contributed by atoms with Gasteiger partial charge in [0.15, 0.2) is 0 Å². The van der Waals surface area contributed by atoms with E-state index < -0.39 is 11.1 Å². The van der Waals surface area contributed by atoms with Gasteiger partial charge in [-0.1, -0.05) is 381 Å². The van der Waals surface area contributed by atoms with E-state index in [-0.39, 0.29) is 17.1 Å². The van der Waals surface area contributed by atoms with Gasteiger partial charge in [0.05, 0.1) is 22.5 Å². The minimum atomic E-state index is -0.484. The zero-order valence-corrected chi connectivity index (χ0v) is 78.7. The monoisotopic (exact) mass is 1650 g/mol. The molecule has 0 saturated carbocycles. The number of anilines is 2. The lowest BCUT2D eigenvalue weighted by Crippen LogP contribution is -2.35. The lowest BCUT2D eigenvalue weighted by molar-refractivity contribution is -0.114. The number of nitrogens with zero attached hydrogens (tertiary/aromatic N) is 2. The summed E-state index contributed by atoms with van der Waals surface area (Å²) in [4.78, 5) is 45.0.